The van der Waals surface area contributed by atoms with Gasteiger partial charge in [0.2, 0.25) is 0 Å². The summed E-state index contributed by atoms with van der Waals surface area (Å²) in [6.45, 7) is 2.44. The Kier molecular flexibility index (Phi) is 6.86. The van der Waals surface area contributed by atoms with E-state index in [1.54, 1.807) is 19.3 Å². The molecular weight excluding hydrogens is 430 g/mol. The van der Waals surface area contributed by atoms with Crippen LogP contribution >= 0.6 is 39.9 Å². The van der Waals surface area contributed by atoms with E-state index in [9.17, 15) is 9.59 Å². The monoisotopic (exact) mass is 445 g/mol. The van der Waals surface area contributed by atoms with Crippen LogP contribution in [-0.2, 0) is 9.59 Å². The topological polar surface area (TPSA) is 76.1 Å². The highest BCUT2D eigenvalue weighted by Crippen LogP contribution is 2.39. The van der Waals surface area contributed by atoms with Gasteiger partial charge in [-0.3, -0.25) is 14.5 Å². The number of halogens is 1. The fraction of sp³-hybridized carbons (Fsp3) is 0.312. The zero-order chi connectivity index (χ0) is 18.6. The fourth-order valence-corrected chi connectivity index (χ4v) is 4.04. The quantitative estimate of drug-likeness (QED) is 0.507. The number of thioether (sulfide) groups is 1. The van der Waals surface area contributed by atoms with Gasteiger partial charge in [0.05, 0.1) is 29.5 Å². The summed E-state index contributed by atoms with van der Waals surface area (Å²) in [5.74, 6) is -0.126. The first kappa shape index (κ1) is 19.7. The summed E-state index contributed by atoms with van der Waals surface area (Å²) >= 11 is 9.76. The molecule has 1 aromatic rings. The van der Waals surface area contributed by atoms with E-state index in [0.717, 1.165) is 17.3 Å². The van der Waals surface area contributed by atoms with E-state index in [2.05, 4.69) is 15.9 Å². The minimum Gasteiger partial charge on any atom is -0.493 e. The Morgan fingerprint density at radius 3 is 2.80 bits per heavy atom. The predicted molar refractivity (Wildman–Crippen MR) is 104 cm³/mol. The Labute approximate surface area is 163 Å². The molecule has 0 atom stereocenters. The van der Waals surface area contributed by atoms with Crippen LogP contribution in [0.1, 0.15) is 18.9 Å². The lowest BCUT2D eigenvalue weighted by Crippen LogP contribution is -2.30. The Morgan fingerprint density at radius 2 is 2.20 bits per heavy atom. The van der Waals surface area contributed by atoms with Crippen LogP contribution in [-0.4, -0.2) is 46.5 Å². The molecular formula is C16H16BrNO5S2. The fourth-order valence-electron chi connectivity index (χ4n) is 2.16. The van der Waals surface area contributed by atoms with Crippen molar-refractivity contribution in [3.05, 3.63) is 27.1 Å². The van der Waals surface area contributed by atoms with Crippen molar-refractivity contribution in [2.24, 2.45) is 0 Å². The van der Waals surface area contributed by atoms with E-state index in [1.807, 2.05) is 13.0 Å². The van der Waals surface area contributed by atoms with Gasteiger partial charge in [-0.15, -0.1) is 0 Å². The highest BCUT2D eigenvalue weighted by atomic mass is 79.9. The lowest BCUT2D eigenvalue weighted by Gasteiger charge is -2.13. The van der Waals surface area contributed by atoms with E-state index < -0.39 is 5.97 Å². The molecule has 1 saturated heterocycles. The second-order valence-corrected chi connectivity index (χ2v) is 7.47. The summed E-state index contributed by atoms with van der Waals surface area (Å²) in [5, 5.41) is 8.77. The van der Waals surface area contributed by atoms with Crippen molar-refractivity contribution in [1.82, 2.24) is 4.90 Å². The molecule has 2 rings (SSSR count). The number of carbonyl (C=O) groups excluding carboxylic acids is 1. The molecule has 0 aliphatic carbocycles. The van der Waals surface area contributed by atoms with Crippen molar-refractivity contribution in [2.75, 3.05) is 20.3 Å². The van der Waals surface area contributed by atoms with E-state index in [1.165, 1.54) is 4.90 Å². The maximum absolute atomic E-state index is 12.4. The summed E-state index contributed by atoms with van der Waals surface area (Å²) in [4.78, 5) is 24.9. The van der Waals surface area contributed by atoms with Crippen LogP contribution < -0.4 is 9.47 Å². The number of carboxylic acids is 1. The third-order valence-corrected chi connectivity index (χ3v) is 5.23. The first-order valence-electron chi connectivity index (χ1n) is 7.34. The van der Waals surface area contributed by atoms with Gasteiger partial charge in [-0.05, 0) is 46.6 Å². The zero-order valence-electron chi connectivity index (χ0n) is 13.6. The number of carbonyl (C=O) groups is 2. The maximum Gasteiger partial charge on any atom is 0.305 e. The van der Waals surface area contributed by atoms with E-state index in [0.29, 0.717) is 31.8 Å². The standard InChI is InChI=1S/C16H16BrNO5S2/c1-3-23-14-10(17)6-9(7-11(14)22-2)8-12-15(21)18(16(24)25-12)5-4-13(19)20/h6-8H,3-5H2,1-2H3,(H,19,20)/b12-8-. The Balaban J connectivity index is 2.28. The Bertz CT molecular complexity index is 750. The maximum atomic E-state index is 12.4. The molecule has 0 unspecified atom stereocenters. The number of rotatable bonds is 7. The third-order valence-electron chi connectivity index (χ3n) is 3.26. The summed E-state index contributed by atoms with van der Waals surface area (Å²) in [5.41, 5.74) is 0.742. The van der Waals surface area contributed by atoms with E-state index >= 15 is 0 Å². The molecule has 6 nitrogen and oxygen atoms in total. The van der Waals surface area contributed by atoms with Crippen molar-refractivity contribution in [3.63, 3.8) is 0 Å². The van der Waals surface area contributed by atoms with Crippen molar-refractivity contribution >= 4 is 62.2 Å². The van der Waals surface area contributed by atoms with Crippen molar-refractivity contribution in [1.29, 1.82) is 0 Å². The number of thiocarbonyl (C=S) groups is 1. The van der Waals surface area contributed by atoms with Crippen LogP contribution in [0.4, 0.5) is 0 Å². The number of ether oxygens (including phenoxy) is 2. The number of amides is 1. The molecule has 1 aliphatic heterocycles. The number of carboxylic acid groups (broad SMARTS) is 1. The Morgan fingerprint density at radius 1 is 1.48 bits per heavy atom. The van der Waals surface area contributed by atoms with Gasteiger partial charge in [0.25, 0.3) is 5.91 Å². The predicted octanol–water partition coefficient (Wildman–Crippen LogP) is 3.53. The van der Waals surface area contributed by atoms with Crippen molar-refractivity contribution in [3.8, 4) is 11.5 Å². The van der Waals surface area contributed by atoms with Gasteiger partial charge in [0.15, 0.2) is 11.5 Å². The number of hydrogen-bond acceptors (Lipinski definition) is 6. The minimum absolute atomic E-state index is 0.0631. The molecule has 9 heteroatoms. The van der Waals surface area contributed by atoms with Gasteiger partial charge in [0.1, 0.15) is 4.32 Å². The summed E-state index contributed by atoms with van der Waals surface area (Å²) in [7, 11) is 1.54. The Hall–Kier alpha value is -1.58. The van der Waals surface area contributed by atoms with Gasteiger partial charge in [-0.2, -0.15) is 0 Å². The van der Waals surface area contributed by atoms with Crippen LogP contribution in [0.2, 0.25) is 0 Å². The molecule has 0 radical (unpaired) electrons. The van der Waals surface area contributed by atoms with Gasteiger partial charge in [-0.25, -0.2) is 0 Å². The number of methoxy groups -OCH3 is 1. The summed E-state index contributed by atoms with van der Waals surface area (Å²) in [6.07, 6.45) is 1.55. The molecule has 134 valence electrons. The lowest BCUT2D eigenvalue weighted by atomic mass is 10.2. The molecule has 0 aromatic heterocycles. The van der Waals surface area contributed by atoms with Gasteiger partial charge < -0.3 is 14.6 Å². The number of aliphatic carboxylic acids is 1. The molecule has 1 aliphatic rings. The highest BCUT2D eigenvalue weighted by molar-refractivity contribution is 9.10. The van der Waals surface area contributed by atoms with E-state index in [4.69, 9.17) is 26.8 Å². The molecule has 1 N–H and O–H groups in total. The SMILES string of the molecule is CCOc1c(Br)cc(/C=C2\SC(=S)N(CCC(=O)O)C2=O)cc1OC. The summed E-state index contributed by atoms with van der Waals surface area (Å²) < 4.78 is 11.9. The van der Waals surface area contributed by atoms with Crippen LogP contribution in [0.3, 0.4) is 0 Å². The molecule has 25 heavy (non-hydrogen) atoms. The number of hydrogen-bond donors (Lipinski definition) is 1. The molecule has 0 spiro atoms. The third kappa shape index (κ3) is 4.74. The first-order valence-corrected chi connectivity index (χ1v) is 9.36. The van der Waals surface area contributed by atoms with Gasteiger partial charge in [0, 0.05) is 6.54 Å². The van der Waals surface area contributed by atoms with Crippen LogP contribution in [0.15, 0.2) is 21.5 Å². The molecule has 0 saturated carbocycles. The number of nitrogens with zero attached hydrogens (tertiary/aromatic N) is 1. The molecule has 1 heterocycles. The molecule has 0 bridgehead atoms. The average Bonchev–Trinajstić information content (AvgIpc) is 2.81. The minimum atomic E-state index is -0.974. The van der Waals surface area contributed by atoms with E-state index in [-0.39, 0.29) is 18.9 Å². The largest absolute Gasteiger partial charge is 0.493 e. The smallest absolute Gasteiger partial charge is 0.305 e. The van der Waals surface area contributed by atoms with Gasteiger partial charge >= 0.3 is 5.97 Å². The molecule has 1 amide bonds. The average molecular weight is 446 g/mol. The second kappa shape index (κ2) is 8.68. The van der Waals surface area contributed by atoms with Crippen LogP contribution in [0.5, 0.6) is 11.5 Å². The highest BCUT2D eigenvalue weighted by Gasteiger charge is 2.32. The molecule has 1 fully saturated rings. The van der Waals surface area contributed by atoms with Gasteiger partial charge in [-0.1, -0.05) is 24.0 Å². The normalized spacial score (nSPS) is 15.8. The zero-order valence-corrected chi connectivity index (χ0v) is 16.8. The van der Waals surface area contributed by atoms with Crippen LogP contribution in [0, 0.1) is 0 Å². The molecule has 1 aromatic carbocycles. The van der Waals surface area contributed by atoms with Crippen molar-refractivity contribution in [2.45, 2.75) is 13.3 Å². The number of benzene rings is 1. The first-order chi connectivity index (χ1) is 11.9. The van der Waals surface area contributed by atoms with Crippen molar-refractivity contribution < 1.29 is 24.2 Å². The summed E-state index contributed by atoms with van der Waals surface area (Å²) in [6, 6.07) is 3.58. The lowest BCUT2D eigenvalue weighted by molar-refractivity contribution is -0.137. The van der Waals surface area contributed by atoms with Crippen LogP contribution in [0.25, 0.3) is 6.08 Å². The second-order valence-electron chi connectivity index (χ2n) is 4.94.